The first-order chi connectivity index (χ1) is 6.74. The predicted octanol–water partition coefficient (Wildman–Crippen LogP) is 2.03. The third-order valence-corrected chi connectivity index (χ3v) is 3.45. The standard InChI is InChI=1S/C7H4ClN3OS2/c8-4-3-13-7(10-4)14-6-9-2-1-5(12)11-6/h1-3H,(H,9,11,12). The van der Waals surface area contributed by atoms with Crippen molar-refractivity contribution >= 4 is 34.7 Å². The lowest BCUT2D eigenvalue weighted by Crippen LogP contribution is -2.04. The minimum atomic E-state index is -0.176. The summed E-state index contributed by atoms with van der Waals surface area (Å²) in [5, 5.41) is 2.70. The van der Waals surface area contributed by atoms with Gasteiger partial charge in [0.15, 0.2) is 9.50 Å². The minimum absolute atomic E-state index is 0.176. The molecule has 2 rings (SSSR count). The molecular weight excluding hydrogens is 242 g/mol. The molecule has 0 fully saturated rings. The first-order valence-corrected chi connectivity index (χ1v) is 5.65. The monoisotopic (exact) mass is 245 g/mol. The second kappa shape index (κ2) is 4.12. The van der Waals surface area contributed by atoms with Crippen LogP contribution in [-0.4, -0.2) is 15.0 Å². The van der Waals surface area contributed by atoms with E-state index in [-0.39, 0.29) is 5.56 Å². The van der Waals surface area contributed by atoms with E-state index in [9.17, 15) is 4.79 Å². The van der Waals surface area contributed by atoms with Crippen molar-refractivity contribution in [3.05, 3.63) is 33.2 Å². The first-order valence-electron chi connectivity index (χ1n) is 3.58. The van der Waals surface area contributed by atoms with Crippen molar-refractivity contribution in [1.82, 2.24) is 15.0 Å². The number of H-pyrrole nitrogens is 1. The van der Waals surface area contributed by atoms with E-state index in [0.717, 1.165) is 4.34 Å². The molecular formula is C7H4ClN3OS2. The molecule has 0 unspecified atom stereocenters. The summed E-state index contributed by atoms with van der Waals surface area (Å²) in [4.78, 5) is 21.5. The average Bonchev–Trinajstić information content (AvgIpc) is 2.51. The zero-order valence-electron chi connectivity index (χ0n) is 6.73. The largest absolute Gasteiger partial charge is 0.301 e. The Morgan fingerprint density at radius 3 is 3.07 bits per heavy atom. The summed E-state index contributed by atoms with van der Waals surface area (Å²) in [6, 6.07) is 1.36. The Balaban J connectivity index is 2.23. The van der Waals surface area contributed by atoms with Crippen LogP contribution >= 0.6 is 34.7 Å². The van der Waals surface area contributed by atoms with E-state index in [2.05, 4.69) is 15.0 Å². The molecule has 0 saturated heterocycles. The van der Waals surface area contributed by atoms with Crippen LogP contribution in [0.15, 0.2) is 31.9 Å². The van der Waals surface area contributed by atoms with Crippen LogP contribution in [0.1, 0.15) is 0 Å². The van der Waals surface area contributed by atoms with E-state index >= 15 is 0 Å². The van der Waals surface area contributed by atoms with Crippen LogP contribution in [0.3, 0.4) is 0 Å². The molecule has 2 aromatic heterocycles. The molecule has 72 valence electrons. The average molecular weight is 246 g/mol. The van der Waals surface area contributed by atoms with Crippen molar-refractivity contribution in [3.63, 3.8) is 0 Å². The molecule has 4 nitrogen and oxygen atoms in total. The number of hydrogen-bond acceptors (Lipinski definition) is 5. The molecule has 0 radical (unpaired) electrons. The van der Waals surface area contributed by atoms with Gasteiger partial charge in [-0.15, -0.1) is 11.3 Å². The third kappa shape index (κ3) is 2.34. The Morgan fingerprint density at radius 2 is 2.43 bits per heavy atom. The molecule has 1 N–H and O–H groups in total. The molecule has 0 aliphatic heterocycles. The minimum Gasteiger partial charge on any atom is -0.301 e. The highest BCUT2D eigenvalue weighted by Crippen LogP contribution is 2.28. The quantitative estimate of drug-likeness (QED) is 0.823. The maximum absolute atomic E-state index is 10.9. The van der Waals surface area contributed by atoms with E-state index in [1.165, 1.54) is 35.4 Å². The molecule has 7 heteroatoms. The summed E-state index contributed by atoms with van der Waals surface area (Å²) >= 11 is 8.34. The summed E-state index contributed by atoms with van der Waals surface area (Å²) < 4.78 is 0.754. The van der Waals surface area contributed by atoms with Gasteiger partial charge in [-0.25, -0.2) is 9.97 Å². The fourth-order valence-electron chi connectivity index (χ4n) is 0.772. The highest BCUT2D eigenvalue weighted by Gasteiger charge is 2.03. The summed E-state index contributed by atoms with van der Waals surface area (Å²) in [5.41, 5.74) is -0.176. The van der Waals surface area contributed by atoms with Crippen LogP contribution in [0.2, 0.25) is 5.15 Å². The van der Waals surface area contributed by atoms with Crippen LogP contribution in [-0.2, 0) is 0 Å². The number of halogens is 1. The number of aromatic amines is 1. The highest BCUT2D eigenvalue weighted by molar-refractivity contribution is 8.00. The Labute approximate surface area is 92.4 Å². The van der Waals surface area contributed by atoms with Gasteiger partial charge in [-0.2, -0.15) is 0 Å². The van der Waals surface area contributed by atoms with Gasteiger partial charge in [0.25, 0.3) is 5.56 Å². The van der Waals surface area contributed by atoms with Crippen LogP contribution in [0.25, 0.3) is 0 Å². The molecule has 0 aliphatic rings. The summed E-state index contributed by atoms with van der Waals surface area (Å²) in [5.74, 6) is 0. The van der Waals surface area contributed by atoms with Crippen LogP contribution < -0.4 is 5.56 Å². The fraction of sp³-hybridized carbons (Fsp3) is 0. The summed E-state index contributed by atoms with van der Waals surface area (Å²) in [7, 11) is 0. The van der Waals surface area contributed by atoms with E-state index in [1.807, 2.05) is 0 Å². The number of nitrogens with zero attached hydrogens (tertiary/aromatic N) is 2. The molecule has 14 heavy (non-hydrogen) atoms. The number of rotatable bonds is 2. The number of aromatic nitrogens is 3. The van der Waals surface area contributed by atoms with Gasteiger partial charge in [0.05, 0.1) is 0 Å². The smallest absolute Gasteiger partial charge is 0.251 e. The maximum Gasteiger partial charge on any atom is 0.251 e. The van der Waals surface area contributed by atoms with Gasteiger partial charge in [-0.05, 0) is 11.8 Å². The van der Waals surface area contributed by atoms with Crippen molar-refractivity contribution in [2.24, 2.45) is 0 Å². The van der Waals surface area contributed by atoms with Crippen molar-refractivity contribution in [2.45, 2.75) is 9.50 Å². The molecule has 0 aromatic carbocycles. The lowest BCUT2D eigenvalue weighted by atomic mass is 10.7. The second-order valence-electron chi connectivity index (χ2n) is 2.28. The van der Waals surface area contributed by atoms with Gasteiger partial charge in [0.2, 0.25) is 0 Å². The lowest BCUT2D eigenvalue weighted by Gasteiger charge is -1.93. The predicted molar refractivity (Wildman–Crippen MR) is 56.1 cm³/mol. The third-order valence-electron chi connectivity index (χ3n) is 1.29. The Morgan fingerprint density at radius 1 is 1.57 bits per heavy atom. The van der Waals surface area contributed by atoms with Crippen molar-refractivity contribution < 1.29 is 0 Å². The van der Waals surface area contributed by atoms with Crippen molar-refractivity contribution in [3.8, 4) is 0 Å². The highest BCUT2D eigenvalue weighted by atomic mass is 35.5. The normalized spacial score (nSPS) is 10.4. The number of thiazole rings is 1. The summed E-state index contributed by atoms with van der Waals surface area (Å²) in [6.45, 7) is 0. The molecule has 0 amide bonds. The van der Waals surface area contributed by atoms with Gasteiger partial charge >= 0.3 is 0 Å². The number of nitrogens with one attached hydrogen (secondary N) is 1. The second-order valence-corrected chi connectivity index (χ2v) is 4.76. The molecule has 2 heterocycles. The van der Waals surface area contributed by atoms with E-state index in [4.69, 9.17) is 11.6 Å². The van der Waals surface area contributed by atoms with E-state index < -0.39 is 0 Å². The first kappa shape index (κ1) is 9.70. The zero-order chi connectivity index (χ0) is 9.97. The zero-order valence-corrected chi connectivity index (χ0v) is 9.12. The lowest BCUT2D eigenvalue weighted by molar-refractivity contribution is 0.935. The van der Waals surface area contributed by atoms with Crippen LogP contribution in [0.4, 0.5) is 0 Å². The molecule has 0 spiro atoms. The SMILES string of the molecule is O=c1ccnc(Sc2nc(Cl)cs2)[nH]1. The van der Waals surface area contributed by atoms with Crippen LogP contribution in [0, 0.1) is 0 Å². The molecule has 0 bridgehead atoms. The molecule has 0 atom stereocenters. The van der Waals surface area contributed by atoms with Gasteiger partial charge in [0, 0.05) is 17.6 Å². The number of hydrogen-bond donors (Lipinski definition) is 1. The molecule has 2 aromatic rings. The Bertz CT molecular complexity index is 495. The molecule has 0 saturated carbocycles. The Kier molecular flexibility index (Phi) is 2.85. The van der Waals surface area contributed by atoms with Gasteiger partial charge in [0.1, 0.15) is 5.15 Å². The van der Waals surface area contributed by atoms with E-state index in [1.54, 1.807) is 5.38 Å². The maximum atomic E-state index is 10.9. The van der Waals surface area contributed by atoms with Gasteiger partial charge in [-0.3, -0.25) is 4.79 Å². The summed E-state index contributed by atoms with van der Waals surface area (Å²) in [6.07, 6.45) is 1.45. The molecule has 0 aliphatic carbocycles. The van der Waals surface area contributed by atoms with Crippen molar-refractivity contribution in [2.75, 3.05) is 0 Å². The van der Waals surface area contributed by atoms with Gasteiger partial charge in [-0.1, -0.05) is 11.6 Å². The van der Waals surface area contributed by atoms with Gasteiger partial charge < -0.3 is 4.98 Å². The van der Waals surface area contributed by atoms with E-state index in [0.29, 0.717) is 10.3 Å². The van der Waals surface area contributed by atoms with Crippen molar-refractivity contribution in [1.29, 1.82) is 0 Å². The Hall–Kier alpha value is -0.850. The fourth-order valence-corrected chi connectivity index (χ4v) is 2.64. The topological polar surface area (TPSA) is 58.6 Å². The van der Waals surface area contributed by atoms with Crippen LogP contribution in [0.5, 0.6) is 0 Å².